The minimum atomic E-state index is -0.180. The molecule has 0 amide bonds. The highest BCUT2D eigenvalue weighted by Crippen LogP contribution is 2.20. The van der Waals surface area contributed by atoms with E-state index in [4.69, 9.17) is 10.5 Å². The van der Waals surface area contributed by atoms with Crippen molar-refractivity contribution in [2.24, 2.45) is 5.73 Å². The summed E-state index contributed by atoms with van der Waals surface area (Å²) in [5.41, 5.74) is 7.88. The van der Waals surface area contributed by atoms with E-state index in [9.17, 15) is 4.79 Å². The zero-order valence-electron chi connectivity index (χ0n) is 12.5. The normalized spacial score (nSPS) is 10.7. The van der Waals surface area contributed by atoms with Gasteiger partial charge in [0.05, 0.1) is 20.6 Å². The Morgan fingerprint density at radius 1 is 1.35 bits per heavy atom. The van der Waals surface area contributed by atoms with Gasteiger partial charge in [-0.05, 0) is 24.2 Å². The second-order valence-electron chi connectivity index (χ2n) is 4.55. The molecule has 0 heterocycles. The number of carbonyl (C=O) groups is 1. The van der Waals surface area contributed by atoms with Crippen LogP contribution in [0.3, 0.4) is 0 Å². The smallest absolute Gasteiger partial charge is 0.306 e. The van der Waals surface area contributed by atoms with Crippen molar-refractivity contribution in [1.82, 2.24) is 4.90 Å². The summed E-state index contributed by atoms with van der Waals surface area (Å²) in [6, 6.07) is 6.02. The quantitative estimate of drug-likeness (QED) is 0.732. The van der Waals surface area contributed by atoms with Crippen LogP contribution in [0.25, 0.3) is 0 Å². The number of esters is 1. The average molecular weight is 280 g/mol. The van der Waals surface area contributed by atoms with Gasteiger partial charge in [0.1, 0.15) is 5.75 Å². The summed E-state index contributed by atoms with van der Waals surface area (Å²) in [5.74, 6) is 0.634. The van der Waals surface area contributed by atoms with Crippen molar-refractivity contribution in [2.75, 3.05) is 27.3 Å². The predicted octanol–water partition coefficient (Wildman–Crippen LogP) is 1.54. The molecule has 0 saturated carbocycles. The summed E-state index contributed by atoms with van der Waals surface area (Å²) >= 11 is 0. The van der Waals surface area contributed by atoms with Crippen LogP contribution in [0.5, 0.6) is 5.75 Å². The van der Waals surface area contributed by atoms with Crippen LogP contribution in [0.2, 0.25) is 0 Å². The lowest BCUT2D eigenvalue weighted by Crippen LogP contribution is -2.26. The lowest BCUT2D eigenvalue weighted by molar-refractivity contribution is -0.141. The third-order valence-corrected chi connectivity index (χ3v) is 3.28. The van der Waals surface area contributed by atoms with E-state index in [0.717, 1.165) is 30.0 Å². The van der Waals surface area contributed by atoms with Gasteiger partial charge in [0.15, 0.2) is 0 Å². The first-order valence-corrected chi connectivity index (χ1v) is 6.79. The van der Waals surface area contributed by atoms with E-state index in [1.54, 1.807) is 7.11 Å². The zero-order valence-corrected chi connectivity index (χ0v) is 12.5. The van der Waals surface area contributed by atoms with Gasteiger partial charge < -0.3 is 15.2 Å². The maximum Gasteiger partial charge on any atom is 0.306 e. The van der Waals surface area contributed by atoms with E-state index in [0.29, 0.717) is 19.5 Å². The lowest BCUT2D eigenvalue weighted by atomic mass is 10.1. The number of rotatable bonds is 8. The first kappa shape index (κ1) is 16.5. The molecule has 5 nitrogen and oxygen atoms in total. The second-order valence-corrected chi connectivity index (χ2v) is 4.55. The lowest BCUT2D eigenvalue weighted by Gasteiger charge is -2.20. The molecule has 0 aliphatic rings. The van der Waals surface area contributed by atoms with Crippen LogP contribution in [-0.4, -0.2) is 38.2 Å². The third-order valence-electron chi connectivity index (χ3n) is 3.28. The average Bonchev–Trinajstić information content (AvgIpc) is 2.50. The maximum absolute atomic E-state index is 11.2. The highest BCUT2D eigenvalue weighted by molar-refractivity contribution is 5.69. The molecule has 0 bridgehead atoms. The van der Waals surface area contributed by atoms with E-state index in [-0.39, 0.29) is 5.97 Å². The predicted molar refractivity (Wildman–Crippen MR) is 78.5 cm³/mol. The minimum absolute atomic E-state index is 0.180. The third kappa shape index (κ3) is 4.83. The second kappa shape index (κ2) is 8.55. The molecule has 1 aromatic rings. The van der Waals surface area contributed by atoms with Gasteiger partial charge in [-0.2, -0.15) is 0 Å². The van der Waals surface area contributed by atoms with E-state index in [2.05, 4.69) is 22.6 Å². The van der Waals surface area contributed by atoms with Gasteiger partial charge in [-0.3, -0.25) is 9.69 Å². The Hall–Kier alpha value is -1.59. The summed E-state index contributed by atoms with van der Waals surface area (Å²) in [7, 11) is 3.05. The highest BCUT2D eigenvalue weighted by Gasteiger charge is 2.09. The molecule has 0 atom stereocenters. The van der Waals surface area contributed by atoms with Crippen LogP contribution in [0.15, 0.2) is 18.2 Å². The van der Waals surface area contributed by atoms with Gasteiger partial charge in [0.25, 0.3) is 0 Å². The Bertz CT molecular complexity index is 435. The van der Waals surface area contributed by atoms with Crippen molar-refractivity contribution < 1.29 is 14.3 Å². The van der Waals surface area contributed by atoms with Gasteiger partial charge in [-0.1, -0.05) is 13.0 Å². The number of nitrogens with two attached hydrogens (primary N) is 1. The number of ether oxygens (including phenoxy) is 2. The molecule has 5 heteroatoms. The topological polar surface area (TPSA) is 64.8 Å². The largest absolute Gasteiger partial charge is 0.496 e. The summed E-state index contributed by atoms with van der Waals surface area (Å²) in [6.45, 7) is 4.87. The summed E-state index contributed by atoms with van der Waals surface area (Å²) in [4.78, 5) is 13.4. The molecule has 0 unspecified atom stereocenters. The Morgan fingerprint density at radius 3 is 2.65 bits per heavy atom. The fourth-order valence-electron chi connectivity index (χ4n) is 2.05. The molecular formula is C15H24N2O3. The first-order valence-electron chi connectivity index (χ1n) is 6.79. The van der Waals surface area contributed by atoms with Gasteiger partial charge in [0.2, 0.25) is 0 Å². The van der Waals surface area contributed by atoms with Crippen LogP contribution in [0, 0.1) is 0 Å². The van der Waals surface area contributed by atoms with Gasteiger partial charge >= 0.3 is 5.97 Å². The Balaban J connectivity index is 2.67. The highest BCUT2D eigenvalue weighted by atomic mass is 16.5. The SMILES string of the molecule is CCN(CCC(=O)OC)Cc1ccc(OC)c(CN)c1. The molecule has 0 aliphatic heterocycles. The number of carbonyl (C=O) groups excluding carboxylic acids is 1. The molecule has 2 N–H and O–H groups in total. The molecule has 112 valence electrons. The van der Waals surface area contributed by atoms with Crippen LogP contribution in [0.4, 0.5) is 0 Å². The van der Waals surface area contributed by atoms with Crippen molar-refractivity contribution in [3.05, 3.63) is 29.3 Å². The zero-order chi connectivity index (χ0) is 15.0. The minimum Gasteiger partial charge on any atom is -0.496 e. The number of hydrogen-bond donors (Lipinski definition) is 1. The Kier molecular flexibility index (Phi) is 7.04. The fraction of sp³-hybridized carbons (Fsp3) is 0.533. The van der Waals surface area contributed by atoms with Crippen LogP contribution < -0.4 is 10.5 Å². The summed E-state index contributed by atoms with van der Waals surface area (Å²) in [5, 5.41) is 0. The van der Waals surface area contributed by atoms with Crippen LogP contribution in [0.1, 0.15) is 24.5 Å². The van der Waals surface area contributed by atoms with E-state index in [1.807, 2.05) is 12.1 Å². The molecule has 1 rings (SSSR count). The number of methoxy groups -OCH3 is 2. The number of nitrogens with zero attached hydrogens (tertiary/aromatic N) is 1. The molecule has 20 heavy (non-hydrogen) atoms. The van der Waals surface area contributed by atoms with E-state index in [1.165, 1.54) is 7.11 Å². The number of benzene rings is 1. The van der Waals surface area contributed by atoms with Gasteiger partial charge in [0, 0.05) is 25.2 Å². The Morgan fingerprint density at radius 2 is 2.10 bits per heavy atom. The summed E-state index contributed by atoms with van der Waals surface area (Å²) < 4.78 is 9.92. The first-order chi connectivity index (χ1) is 9.64. The molecule has 0 fully saturated rings. The molecule has 0 radical (unpaired) electrons. The van der Waals surface area contributed by atoms with Crippen molar-refractivity contribution >= 4 is 5.97 Å². The standard InChI is InChI=1S/C15H24N2O3/c1-4-17(8-7-15(18)20-3)11-12-5-6-14(19-2)13(9-12)10-16/h5-6,9H,4,7-8,10-11,16H2,1-3H3. The van der Waals surface area contributed by atoms with Crippen molar-refractivity contribution in [1.29, 1.82) is 0 Å². The molecule has 1 aromatic carbocycles. The monoisotopic (exact) mass is 280 g/mol. The van der Waals surface area contributed by atoms with E-state index < -0.39 is 0 Å². The van der Waals surface area contributed by atoms with Gasteiger partial charge in [-0.15, -0.1) is 0 Å². The van der Waals surface area contributed by atoms with Crippen molar-refractivity contribution in [3.63, 3.8) is 0 Å². The fourth-order valence-corrected chi connectivity index (χ4v) is 2.05. The molecular weight excluding hydrogens is 256 g/mol. The maximum atomic E-state index is 11.2. The molecule has 0 aromatic heterocycles. The number of hydrogen-bond acceptors (Lipinski definition) is 5. The van der Waals surface area contributed by atoms with Gasteiger partial charge in [-0.25, -0.2) is 0 Å². The van der Waals surface area contributed by atoms with Crippen molar-refractivity contribution in [2.45, 2.75) is 26.4 Å². The van der Waals surface area contributed by atoms with Crippen LogP contribution >= 0.6 is 0 Å². The Labute approximate surface area is 120 Å². The summed E-state index contributed by atoms with van der Waals surface area (Å²) in [6.07, 6.45) is 0.407. The molecule has 0 aliphatic carbocycles. The van der Waals surface area contributed by atoms with E-state index >= 15 is 0 Å². The van der Waals surface area contributed by atoms with Crippen molar-refractivity contribution in [3.8, 4) is 5.75 Å². The molecule has 0 spiro atoms. The molecule has 0 saturated heterocycles. The van der Waals surface area contributed by atoms with Crippen LogP contribution in [-0.2, 0) is 22.6 Å².